The number of hydrogen-bond donors (Lipinski definition) is 2. The van der Waals surface area contributed by atoms with Crippen LogP contribution in [0.5, 0.6) is 0 Å². The van der Waals surface area contributed by atoms with E-state index in [1.165, 1.54) is 0 Å². The summed E-state index contributed by atoms with van der Waals surface area (Å²) in [6.45, 7) is 0.948. The maximum atomic E-state index is 12.3. The number of halogens is 6. The van der Waals surface area contributed by atoms with E-state index in [1.54, 1.807) is 18.2 Å². The number of guanidine groups is 1. The van der Waals surface area contributed by atoms with Gasteiger partial charge in [0.25, 0.3) is 0 Å². The van der Waals surface area contributed by atoms with Crippen LogP contribution in [0.25, 0.3) is 0 Å². The molecule has 1 aromatic carbocycles. The molecule has 0 bridgehead atoms. The second-order valence-corrected chi connectivity index (χ2v) is 5.99. The van der Waals surface area contributed by atoms with Crippen LogP contribution in [0.3, 0.4) is 0 Å². The highest BCUT2D eigenvalue weighted by atomic mass is 127. The van der Waals surface area contributed by atoms with Gasteiger partial charge in [-0.25, -0.2) is 4.99 Å². The van der Waals surface area contributed by atoms with Crippen LogP contribution in [0, 0.1) is 0 Å². The third-order valence-corrected chi connectivity index (χ3v) is 3.60. The Balaban J connectivity index is 0.00000625. The van der Waals surface area contributed by atoms with E-state index in [1.807, 2.05) is 6.92 Å². The van der Waals surface area contributed by atoms with E-state index in [9.17, 15) is 18.0 Å². The Morgan fingerprint density at radius 2 is 1.92 bits per heavy atom. The number of carbonyl (C=O) groups is 1. The van der Waals surface area contributed by atoms with Crippen LogP contribution >= 0.6 is 47.2 Å². The van der Waals surface area contributed by atoms with Crippen molar-refractivity contribution in [3.05, 3.63) is 33.8 Å². The average Bonchev–Trinajstić information content (AvgIpc) is 2.49. The first-order valence-electron chi connectivity index (χ1n) is 7.39. The van der Waals surface area contributed by atoms with Crippen molar-refractivity contribution < 1.29 is 18.0 Å². The maximum absolute atomic E-state index is 12.3. The fraction of sp³-hybridized carbons (Fsp3) is 0.467. The van der Waals surface area contributed by atoms with Gasteiger partial charge in [-0.15, -0.1) is 24.0 Å². The second-order valence-electron chi connectivity index (χ2n) is 5.15. The highest BCUT2D eigenvalue weighted by molar-refractivity contribution is 14.0. The predicted molar refractivity (Wildman–Crippen MR) is 108 cm³/mol. The van der Waals surface area contributed by atoms with Gasteiger partial charge in [-0.2, -0.15) is 13.2 Å². The Labute approximate surface area is 177 Å². The molecule has 0 aliphatic carbocycles. The van der Waals surface area contributed by atoms with Gasteiger partial charge in [-0.3, -0.25) is 4.79 Å². The average molecular weight is 527 g/mol. The number of aliphatic imine (C=N–C) groups is 1. The highest BCUT2D eigenvalue weighted by Crippen LogP contribution is 2.21. The molecule has 5 nitrogen and oxygen atoms in total. The molecule has 0 aliphatic heterocycles. The summed E-state index contributed by atoms with van der Waals surface area (Å²) in [5.74, 6) is -0.408. The van der Waals surface area contributed by atoms with Crippen LogP contribution < -0.4 is 10.6 Å². The quantitative estimate of drug-likeness (QED) is 0.338. The molecule has 0 radical (unpaired) electrons. The molecule has 11 heteroatoms. The van der Waals surface area contributed by atoms with Crippen LogP contribution in [0.15, 0.2) is 23.2 Å². The summed E-state index contributed by atoms with van der Waals surface area (Å²) >= 11 is 11.9. The third kappa shape index (κ3) is 9.67. The summed E-state index contributed by atoms with van der Waals surface area (Å²) < 4.78 is 36.9. The van der Waals surface area contributed by atoms with E-state index >= 15 is 0 Å². The molecule has 148 valence electrons. The molecule has 0 aromatic heterocycles. The van der Waals surface area contributed by atoms with Gasteiger partial charge in [0.15, 0.2) is 5.96 Å². The lowest BCUT2D eigenvalue weighted by molar-refractivity contribution is -0.157. The molecule has 1 rings (SSSR count). The van der Waals surface area contributed by atoms with Crippen molar-refractivity contribution in [3.8, 4) is 0 Å². The summed E-state index contributed by atoms with van der Waals surface area (Å²) in [5.41, 5.74) is 0.726. The van der Waals surface area contributed by atoms with Crippen LogP contribution in [-0.4, -0.2) is 49.6 Å². The lowest BCUT2D eigenvalue weighted by Gasteiger charge is -2.20. The zero-order valence-electron chi connectivity index (χ0n) is 14.2. The normalized spacial score (nSPS) is 11.6. The number of alkyl halides is 3. The first kappa shape index (κ1) is 25.1. The van der Waals surface area contributed by atoms with Crippen molar-refractivity contribution in [2.24, 2.45) is 4.99 Å². The fourth-order valence-corrected chi connectivity index (χ4v) is 2.28. The Morgan fingerprint density at radius 3 is 2.46 bits per heavy atom. The Morgan fingerprint density at radius 1 is 1.27 bits per heavy atom. The molecule has 0 heterocycles. The molecule has 0 atom stereocenters. The van der Waals surface area contributed by atoms with Crippen LogP contribution in [0.1, 0.15) is 12.5 Å². The van der Waals surface area contributed by atoms with E-state index in [-0.39, 0.29) is 37.1 Å². The second kappa shape index (κ2) is 11.7. The lowest BCUT2D eigenvalue weighted by atomic mass is 10.2. The van der Waals surface area contributed by atoms with E-state index in [0.29, 0.717) is 27.4 Å². The van der Waals surface area contributed by atoms with Gasteiger partial charge in [0, 0.05) is 23.6 Å². The maximum Gasteiger partial charge on any atom is 0.406 e. The smallest absolute Gasteiger partial charge is 0.357 e. The van der Waals surface area contributed by atoms with E-state index < -0.39 is 18.6 Å². The number of likely N-dealkylation sites (N-methyl/N-ethyl adjacent to an activating group) is 1. The molecule has 26 heavy (non-hydrogen) atoms. The third-order valence-electron chi connectivity index (χ3n) is 3.02. The highest BCUT2D eigenvalue weighted by Gasteiger charge is 2.31. The molecule has 0 saturated carbocycles. The standard InChI is InChI=1S/C15H19Cl2F3N4O.HI/c1-3-21-14(22-7-10-4-5-11(16)6-12(10)17)23-8-13(25)24(2)9-15(18,19)20;/h4-6H,3,7-9H2,1-2H3,(H2,21,22,23);1H. The van der Waals surface area contributed by atoms with Gasteiger partial charge in [0.1, 0.15) is 6.54 Å². The molecule has 1 aromatic rings. The predicted octanol–water partition coefficient (Wildman–Crippen LogP) is 3.69. The van der Waals surface area contributed by atoms with Crippen molar-refractivity contribution in [2.45, 2.75) is 19.6 Å². The topological polar surface area (TPSA) is 56.7 Å². The molecular formula is C15H20Cl2F3IN4O. The number of amides is 1. The van der Waals surface area contributed by atoms with Crippen LogP contribution in [0.2, 0.25) is 10.0 Å². The first-order valence-corrected chi connectivity index (χ1v) is 8.14. The molecule has 0 spiro atoms. The van der Waals surface area contributed by atoms with Crippen molar-refractivity contribution >= 4 is 59.0 Å². The number of benzene rings is 1. The summed E-state index contributed by atoms with van der Waals surface area (Å²) in [6, 6.07) is 4.98. The Bertz CT molecular complexity index is 629. The molecule has 2 N–H and O–H groups in total. The summed E-state index contributed by atoms with van der Waals surface area (Å²) in [7, 11) is 1.09. The van der Waals surface area contributed by atoms with Crippen molar-refractivity contribution in [1.29, 1.82) is 0 Å². The molecule has 0 unspecified atom stereocenters. The molecule has 0 saturated heterocycles. The monoisotopic (exact) mass is 526 g/mol. The molecule has 1 amide bonds. The minimum absolute atomic E-state index is 0. The van der Waals surface area contributed by atoms with Gasteiger partial charge in [-0.1, -0.05) is 29.3 Å². The van der Waals surface area contributed by atoms with Gasteiger partial charge < -0.3 is 15.5 Å². The molecule has 0 fully saturated rings. The minimum Gasteiger partial charge on any atom is -0.357 e. The number of rotatable bonds is 6. The van der Waals surface area contributed by atoms with E-state index in [4.69, 9.17) is 23.2 Å². The Kier molecular flexibility index (Phi) is 11.3. The van der Waals surface area contributed by atoms with Gasteiger partial charge in [0.05, 0.1) is 13.1 Å². The van der Waals surface area contributed by atoms with Crippen molar-refractivity contribution in [2.75, 3.05) is 26.7 Å². The molecular weight excluding hydrogens is 507 g/mol. The zero-order chi connectivity index (χ0) is 19.0. The van der Waals surface area contributed by atoms with Crippen LogP contribution in [-0.2, 0) is 11.3 Å². The van der Waals surface area contributed by atoms with Crippen LogP contribution in [0.4, 0.5) is 13.2 Å². The van der Waals surface area contributed by atoms with Gasteiger partial charge in [-0.05, 0) is 24.6 Å². The number of carbonyl (C=O) groups excluding carboxylic acids is 1. The van der Waals surface area contributed by atoms with E-state index in [2.05, 4.69) is 15.6 Å². The SMILES string of the molecule is CCNC(=NCc1ccc(Cl)cc1Cl)NCC(=O)N(C)CC(F)(F)F.I. The number of hydrogen-bond acceptors (Lipinski definition) is 2. The summed E-state index contributed by atoms with van der Waals surface area (Å²) in [5, 5.41) is 6.56. The molecule has 0 aliphatic rings. The largest absolute Gasteiger partial charge is 0.406 e. The van der Waals surface area contributed by atoms with Crippen molar-refractivity contribution in [3.63, 3.8) is 0 Å². The summed E-state index contributed by atoms with van der Waals surface area (Å²) in [6.07, 6.45) is -4.44. The number of nitrogens with one attached hydrogen (secondary N) is 2. The van der Waals surface area contributed by atoms with Crippen molar-refractivity contribution in [1.82, 2.24) is 15.5 Å². The first-order chi connectivity index (χ1) is 11.6. The number of nitrogens with zero attached hydrogens (tertiary/aromatic N) is 2. The fourth-order valence-electron chi connectivity index (χ4n) is 1.81. The Hall–Kier alpha value is -0.940. The van der Waals surface area contributed by atoms with Gasteiger partial charge >= 0.3 is 6.18 Å². The lowest BCUT2D eigenvalue weighted by Crippen LogP contribution is -2.45. The zero-order valence-corrected chi connectivity index (χ0v) is 18.0. The van der Waals surface area contributed by atoms with Gasteiger partial charge in [0.2, 0.25) is 5.91 Å². The summed E-state index contributed by atoms with van der Waals surface area (Å²) in [4.78, 5) is 16.6. The minimum atomic E-state index is -4.44. The van der Waals surface area contributed by atoms with E-state index in [0.717, 1.165) is 12.6 Å².